The van der Waals surface area contributed by atoms with E-state index in [1.54, 1.807) is 11.0 Å². The fourth-order valence-corrected chi connectivity index (χ4v) is 2.84. The largest absolute Gasteiger partial charge is 0.494 e. The molecule has 0 bridgehead atoms. The van der Waals surface area contributed by atoms with Gasteiger partial charge in [-0.15, -0.1) is 0 Å². The second-order valence-electron chi connectivity index (χ2n) is 5.83. The van der Waals surface area contributed by atoms with Crippen LogP contribution in [0.1, 0.15) is 16.1 Å². The Balaban J connectivity index is 1.58. The van der Waals surface area contributed by atoms with Crippen LogP contribution in [0.3, 0.4) is 0 Å². The van der Waals surface area contributed by atoms with E-state index in [0.717, 1.165) is 5.56 Å². The van der Waals surface area contributed by atoms with Crippen molar-refractivity contribution in [1.29, 1.82) is 0 Å². The van der Waals surface area contributed by atoms with Crippen LogP contribution in [0.25, 0.3) is 0 Å². The molecule has 132 valence electrons. The number of piperazine rings is 1. The first-order chi connectivity index (χ1) is 12.1. The molecule has 0 spiro atoms. The number of nitrogen functional groups attached to an aromatic ring is 1. The highest BCUT2D eigenvalue weighted by molar-refractivity contribution is 5.96. The van der Waals surface area contributed by atoms with Crippen molar-refractivity contribution in [1.82, 2.24) is 19.8 Å². The fourth-order valence-electron chi connectivity index (χ4n) is 2.84. The molecule has 1 aliphatic rings. The van der Waals surface area contributed by atoms with Crippen molar-refractivity contribution in [2.75, 3.05) is 39.0 Å². The standard InChI is InChI=1S/C17H20FN5O2/c1-25-14-3-2-12(10-13(14)18)11-22-6-8-23(9-7-22)17(24)15-16(19)21-5-4-20-15/h2-5,10H,6-9,11H2,1H3,(H2,19,21). The Morgan fingerprint density at radius 1 is 1.24 bits per heavy atom. The summed E-state index contributed by atoms with van der Waals surface area (Å²) in [7, 11) is 1.44. The maximum Gasteiger partial charge on any atom is 0.276 e. The summed E-state index contributed by atoms with van der Waals surface area (Å²) < 4.78 is 18.7. The molecular formula is C17H20FN5O2. The van der Waals surface area contributed by atoms with Gasteiger partial charge >= 0.3 is 0 Å². The van der Waals surface area contributed by atoms with E-state index in [-0.39, 0.29) is 29.0 Å². The van der Waals surface area contributed by atoms with Gasteiger partial charge in [0.05, 0.1) is 7.11 Å². The van der Waals surface area contributed by atoms with Crippen LogP contribution < -0.4 is 10.5 Å². The summed E-state index contributed by atoms with van der Waals surface area (Å²) in [5.41, 5.74) is 6.78. The SMILES string of the molecule is COc1ccc(CN2CCN(C(=O)c3nccnc3N)CC2)cc1F. The maximum atomic E-state index is 13.8. The lowest BCUT2D eigenvalue weighted by molar-refractivity contribution is 0.0623. The Kier molecular flexibility index (Phi) is 5.08. The van der Waals surface area contributed by atoms with Gasteiger partial charge in [-0.1, -0.05) is 6.07 Å². The van der Waals surface area contributed by atoms with Gasteiger partial charge in [0.15, 0.2) is 23.1 Å². The monoisotopic (exact) mass is 345 g/mol. The highest BCUT2D eigenvalue weighted by Gasteiger charge is 2.24. The predicted molar refractivity (Wildman–Crippen MR) is 90.6 cm³/mol. The third-order valence-corrected chi connectivity index (χ3v) is 4.21. The van der Waals surface area contributed by atoms with Crippen molar-refractivity contribution in [2.24, 2.45) is 0 Å². The minimum Gasteiger partial charge on any atom is -0.494 e. The number of carbonyl (C=O) groups excluding carboxylic acids is 1. The highest BCUT2D eigenvalue weighted by Crippen LogP contribution is 2.19. The van der Waals surface area contributed by atoms with E-state index in [1.165, 1.54) is 25.6 Å². The second kappa shape index (κ2) is 7.43. The maximum absolute atomic E-state index is 13.8. The zero-order valence-corrected chi connectivity index (χ0v) is 14.0. The molecule has 25 heavy (non-hydrogen) atoms. The summed E-state index contributed by atoms with van der Waals surface area (Å²) in [4.78, 5) is 24.3. The molecule has 2 aromatic rings. The molecule has 3 rings (SSSR count). The molecule has 7 nitrogen and oxygen atoms in total. The smallest absolute Gasteiger partial charge is 0.276 e. The van der Waals surface area contributed by atoms with Crippen LogP contribution in [0.2, 0.25) is 0 Å². The van der Waals surface area contributed by atoms with Gasteiger partial charge in [-0.05, 0) is 17.7 Å². The van der Waals surface area contributed by atoms with Gasteiger partial charge in [0.25, 0.3) is 5.91 Å². The number of carbonyl (C=O) groups is 1. The lowest BCUT2D eigenvalue weighted by atomic mass is 10.1. The summed E-state index contributed by atoms with van der Waals surface area (Å²) in [6.07, 6.45) is 2.91. The molecule has 0 aliphatic carbocycles. The van der Waals surface area contributed by atoms with Crippen LogP contribution in [0, 0.1) is 5.82 Å². The number of amides is 1. The van der Waals surface area contributed by atoms with E-state index in [9.17, 15) is 9.18 Å². The number of rotatable bonds is 4. The summed E-state index contributed by atoms with van der Waals surface area (Å²) in [5.74, 6) is -0.197. The van der Waals surface area contributed by atoms with Crippen LogP contribution in [-0.4, -0.2) is 59.0 Å². The lowest BCUT2D eigenvalue weighted by Gasteiger charge is -2.34. The van der Waals surface area contributed by atoms with Crippen molar-refractivity contribution < 1.29 is 13.9 Å². The molecule has 2 heterocycles. The van der Waals surface area contributed by atoms with Gasteiger partial charge < -0.3 is 15.4 Å². The lowest BCUT2D eigenvalue weighted by Crippen LogP contribution is -2.48. The van der Waals surface area contributed by atoms with Crippen LogP contribution in [0.5, 0.6) is 5.75 Å². The number of benzene rings is 1. The average molecular weight is 345 g/mol. The Hall–Kier alpha value is -2.74. The first-order valence-corrected chi connectivity index (χ1v) is 7.99. The molecule has 1 aromatic carbocycles. The Morgan fingerprint density at radius 2 is 1.96 bits per heavy atom. The van der Waals surface area contributed by atoms with Crippen molar-refractivity contribution in [2.45, 2.75) is 6.54 Å². The molecule has 0 radical (unpaired) electrons. The molecule has 0 unspecified atom stereocenters. The molecular weight excluding hydrogens is 325 g/mol. The molecule has 0 atom stereocenters. The summed E-state index contributed by atoms with van der Waals surface area (Å²) in [5, 5.41) is 0. The second-order valence-corrected chi connectivity index (χ2v) is 5.83. The molecule has 1 fully saturated rings. The summed E-state index contributed by atoms with van der Waals surface area (Å²) in [6.45, 7) is 3.14. The molecule has 1 amide bonds. The minimum absolute atomic E-state index is 0.142. The number of hydrogen-bond donors (Lipinski definition) is 1. The van der Waals surface area contributed by atoms with Crippen molar-refractivity contribution in [3.05, 3.63) is 47.7 Å². The molecule has 0 saturated carbocycles. The normalized spacial score (nSPS) is 15.2. The molecule has 1 saturated heterocycles. The van der Waals surface area contributed by atoms with Crippen molar-refractivity contribution in [3.63, 3.8) is 0 Å². The number of halogens is 1. The van der Waals surface area contributed by atoms with Gasteiger partial charge in [-0.25, -0.2) is 14.4 Å². The van der Waals surface area contributed by atoms with Gasteiger partial charge in [0.1, 0.15) is 0 Å². The number of nitrogens with two attached hydrogens (primary N) is 1. The van der Waals surface area contributed by atoms with Gasteiger partial charge in [0, 0.05) is 45.1 Å². The Morgan fingerprint density at radius 3 is 2.60 bits per heavy atom. The summed E-state index contributed by atoms with van der Waals surface area (Å²) >= 11 is 0. The van der Waals surface area contributed by atoms with Gasteiger partial charge in [-0.2, -0.15) is 0 Å². The fraction of sp³-hybridized carbons (Fsp3) is 0.353. The molecule has 2 N–H and O–H groups in total. The van der Waals surface area contributed by atoms with E-state index < -0.39 is 0 Å². The van der Waals surface area contributed by atoms with E-state index in [4.69, 9.17) is 10.5 Å². The topological polar surface area (TPSA) is 84.6 Å². The zero-order valence-electron chi connectivity index (χ0n) is 14.0. The van der Waals surface area contributed by atoms with Crippen LogP contribution >= 0.6 is 0 Å². The number of hydrogen-bond acceptors (Lipinski definition) is 6. The third-order valence-electron chi connectivity index (χ3n) is 4.21. The number of methoxy groups -OCH3 is 1. The van der Waals surface area contributed by atoms with E-state index >= 15 is 0 Å². The van der Waals surface area contributed by atoms with Crippen LogP contribution in [-0.2, 0) is 6.54 Å². The number of anilines is 1. The molecule has 8 heteroatoms. The Bertz CT molecular complexity index is 762. The zero-order chi connectivity index (χ0) is 17.8. The van der Waals surface area contributed by atoms with Crippen LogP contribution in [0.4, 0.5) is 10.2 Å². The van der Waals surface area contributed by atoms with Crippen molar-refractivity contribution >= 4 is 11.7 Å². The molecule has 1 aliphatic heterocycles. The quantitative estimate of drug-likeness (QED) is 0.895. The predicted octanol–water partition coefficient (Wildman–Crippen LogP) is 1.16. The number of nitrogens with zero attached hydrogens (tertiary/aromatic N) is 4. The first-order valence-electron chi connectivity index (χ1n) is 7.99. The van der Waals surface area contributed by atoms with E-state index in [2.05, 4.69) is 14.9 Å². The number of aromatic nitrogens is 2. The highest BCUT2D eigenvalue weighted by atomic mass is 19.1. The summed E-state index contributed by atoms with van der Waals surface area (Å²) in [6, 6.07) is 4.96. The third kappa shape index (κ3) is 3.85. The minimum atomic E-state index is -0.369. The average Bonchev–Trinajstić information content (AvgIpc) is 2.62. The molecule has 1 aromatic heterocycles. The Labute approximate surface area is 145 Å². The number of ether oxygens (including phenoxy) is 1. The van der Waals surface area contributed by atoms with Gasteiger partial charge in [-0.3, -0.25) is 9.69 Å². The van der Waals surface area contributed by atoms with Gasteiger partial charge in [0.2, 0.25) is 0 Å². The van der Waals surface area contributed by atoms with Crippen LogP contribution in [0.15, 0.2) is 30.6 Å². The van der Waals surface area contributed by atoms with E-state index in [0.29, 0.717) is 32.7 Å². The van der Waals surface area contributed by atoms with E-state index in [1.807, 2.05) is 6.07 Å². The first kappa shape index (κ1) is 17.1. The van der Waals surface area contributed by atoms with Crippen molar-refractivity contribution in [3.8, 4) is 5.75 Å².